The quantitative estimate of drug-likeness (QED) is 0.804. The van der Waals surface area contributed by atoms with Crippen molar-refractivity contribution in [3.05, 3.63) is 60.2 Å². The molecule has 0 radical (unpaired) electrons. The van der Waals surface area contributed by atoms with Crippen LogP contribution in [0.1, 0.15) is 11.5 Å². The van der Waals surface area contributed by atoms with Gasteiger partial charge in [0.15, 0.2) is 0 Å². The summed E-state index contributed by atoms with van der Waals surface area (Å²) in [6.45, 7) is 1.65. The molecular formula is C15H15NO. The molecule has 1 aliphatic heterocycles. The predicted octanol–water partition coefficient (Wildman–Crippen LogP) is 3.27. The van der Waals surface area contributed by atoms with Crippen molar-refractivity contribution in [2.24, 2.45) is 0 Å². The molecule has 0 fully saturated rings. The van der Waals surface area contributed by atoms with E-state index < -0.39 is 0 Å². The van der Waals surface area contributed by atoms with E-state index in [1.54, 1.807) is 0 Å². The molecule has 0 saturated carbocycles. The van der Waals surface area contributed by atoms with Gasteiger partial charge in [0.05, 0.1) is 12.3 Å². The van der Waals surface area contributed by atoms with Crippen molar-refractivity contribution in [3.8, 4) is 5.75 Å². The second-order valence-electron chi connectivity index (χ2n) is 4.30. The van der Waals surface area contributed by atoms with Crippen molar-refractivity contribution < 1.29 is 4.74 Å². The van der Waals surface area contributed by atoms with E-state index in [1.807, 2.05) is 24.3 Å². The zero-order chi connectivity index (χ0) is 11.5. The number of ether oxygens (including phenoxy) is 1. The van der Waals surface area contributed by atoms with E-state index in [4.69, 9.17) is 4.74 Å². The van der Waals surface area contributed by atoms with Gasteiger partial charge in [0.2, 0.25) is 0 Å². The zero-order valence-corrected chi connectivity index (χ0v) is 9.60. The third-order valence-corrected chi connectivity index (χ3v) is 3.14. The molecule has 0 bridgehead atoms. The van der Waals surface area contributed by atoms with Crippen LogP contribution in [0.25, 0.3) is 0 Å². The van der Waals surface area contributed by atoms with Gasteiger partial charge in [-0.05, 0) is 17.7 Å². The molecule has 2 aromatic carbocycles. The van der Waals surface area contributed by atoms with Crippen molar-refractivity contribution in [1.82, 2.24) is 0 Å². The number of benzene rings is 2. The third-order valence-electron chi connectivity index (χ3n) is 3.14. The lowest BCUT2D eigenvalue weighted by molar-refractivity contribution is 0.301. The first kappa shape index (κ1) is 10.2. The Hall–Kier alpha value is -1.96. The molecule has 17 heavy (non-hydrogen) atoms. The standard InChI is InChI=1S/C15H15NO/c1-2-6-12(7-3-1)13-10-16-14-8-4-5-9-15(14)17-11-13/h1-9,13,16H,10-11H2. The Morgan fingerprint density at radius 3 is 2.59 bits per heavy atom. The van der Waals surface area contributed by atoms with Gasteiger partial charge >= 0.3 is 0 Å². The first-order valence-corrected chi connectivity index (χ1v) is 5.94. The minimum Gasteiger partial charge on any atom is -0.491 e. The Balaban J connectivity index is 1.82. The Morgan fingerprint density at radius 2 is 1.71 bits per heavy atom. The molecule has 2 aromatic rings. The number of nitrogens with one attached hydrogen (secondary N) is 1. The fourth-order valence-corrected chi connectivity index (χ4v) is 2.16. The lowest BCUT2D eigenvalue weighted by Gasteiger charge is -2.14. The van der Waals surface area contributed by atoms with E-state index in [0.29, 0.717) is 5.92 Å². The van der Waals surface area contributed by atoms with Gasteiger partial charge in [-0.1, -0.05) is 42.5 Å². The lowest BCUT2D eigenvalue weighted by Crippen LogP contribution is -2.15. The zero-order valence-electron chi connectivity index (χ0n) is 9.60. The number of anilines is 1. The fourth-order valence-electron chi connectivity index (χ4n) is 2.16. The predicted molar refractivity (Wildman–Crippen MR) is 69.6 cm³/mol. The Morgan fingerprint density at radius 1 is 0.941 bits per heavy atom. The van der Waals surface area contributed by atoms with Gasteiger partial charge in [0, 0.05) is 12.5 Å². The van der Waals surface area contributed by atoms with Gasteiger partial charge in [-0.3, -0.25) is 0 Å². The summed E-state index contributed by atoms with van der Waals surface area (Å²) in [5.41, 5.74) is 2.42. The molecule has 1 aliphatic rings. The van der Waals surface area contributed by atoms with E-state index in [1.165, 1.54) is 5.56 Å². The summed E-state index contributed by atoms with van der Waals surface area (Å²) >= 11 is 0. The molecule has 0 aromatic heterocycles. The van der Waals surface area contributed by atoms with Crippen molar-refractivity contribution in [2.75, 3.05) is 18.5 Å². The van der Waals surface area contributed by atoms with Crippen LogP contribution in [0.2, 0.25) is 0 Å². The van der Waals surface area contributed by atoms with Crippen LogP contribution in [0.5, 0.6) is 5.75 Å². The third kappa shape index (κ3) is 2.11. The van der Waals surface area contributed by atoms with Gasteiger partial charge in [-0.2, -0.15) is 0 Å². The van der Waals surface area contributed by atoms with Gasteiger partial charge in [0.1, 0.15) is 5.75 Å². The molecule has 3 rings (SSSR count). The molecule has 1 atom stereocenters. The fraction of sp³-hybridized carbons (Fsp3) is 0.200. The largest absolute Gasteiger partial charge is 0.491 e. The molecule has 1 N–H and O–H groups in total. The minimum atomic E-state index is 0.406. The summed E-state index contributed by atoms with van der Waals surface area (Å²) in [4.78, 5) is 0. The summed E-state index contributed by atoms with van der Waals surface area (Å²) < 4.78 is 5.85. The van der Waals surface area contributed by atoms with Crippen LogP contribution in [0.3, 0.4) is 0 Å². The van der Waals surface area contributed by atoms with Gasteiger partial charge < -0.3 is 10.1 Å². The number of para-hydroxylation sites is 2. The van der Waals surface area contributed by atoms with Crippen molar-refractivity contribution >= 4 is 5.69 Å². The highest BCUT2D eigenvalue weighted by atomic mass is 16.5. The van der Waals surface area contributed by atoms with Crippen LogP contribution in [0.4, 0.5) is 5.69 Å². The summed E-state index contributed by atoms with van der Waals surface area (Å²) in [7, 11) is 0. The van der Waals surface area contributed by atoms with Crippen LogP contribution < -0.4 is 10.1 Å². The Kier molecular flexibility index (Phi) is 2.70. The average Bonchev–Trinajstić information content (AvgIpc) is 2.62. The van der Waals surface area contributed by atoms with E-state index in [0.717, 1.165) is 24.6 Å². The summed E-state index contributed by atoms with van der Waals surface area (Å²) in [6.07, 6.45) is 0. The minimum absolute atomic E-state index is 0.406. The Labute approximate surface area is 101 Å². The number of fused-ring (bicyclic) bond motifs is 1. The molecule has 86 valence electrons. The molecule has 2 nitrogen and oxygen atoms in total. The summed E-state index contributed by atoms with van der Waals surface area (Å²) in [5.74, 6) is 1.36. The van der Waals surface area contributed by atoms with Gasteiger partial charge in [0.25, 0.3) is 0 Å². The highest BCUT2D eigenvalue weighted by molar-refractivity contribution is 5.57. The van der Waals surface area contributed by atoms with Crippen LogP contribution in [0, 0.1) is 0 Å². The van der Waals surface area contributed by atoms with Gasteiger partial charge in [-0.15, -0.1) is 0 Å². The molecule has 0 aliphatic carbocycles. The van der Waals surface area contributed by atoms with Crippen LogP contribution in [-0.4, -0.2) is 13.2 Å². The molecule has 1 unspecified atom stereocenters. The molecule has 2 heteroatoms. The first-order chi connectivity index (χ1) is 8.43. The van der Waals surface area contributed by atoms with Crippen molar-refractivity contribution in [3.63, 3.8) is 0 Å². The monoisotopic (exact) mass is 225 g/mol. The maximum atomic E-state index is 5.85. The molecular weight excluding hydrogens is 210 g/mol. The second kappa shape index (κ2) is 4.50. The first-order valence-electron chi connectivity index (χ1n) is 5.94. The van der Waals surface area contributed by atoms with Crippen LogP contribution >= 0.6 is 0 Å². The maximum absolute atomic E-state index is 5.85. The topological polar surface area (TPSA) is 21.3 Å². The van der Waals surface area contributed by atoms with Gasteiger partial charge in [-0.25, -0.2) is 0 Å². The normalized spacial score (nSPS) is 18.5. The highest BCUT2D eigenvalue weighted by Gasteiger charge is 2.17. The molecule has 1 heterocycles. The van der Waals surface area contributed by atoms with E-state index in [2.05, 4.69) is 35.6 Å². The highest BCUT2D eigenvalue weighted by Crippen LogP contribution is 2.29. The number of hydrogen-bond acceptors (Lipinski definition) is 2. The van der Waals surface area contributed by atoms with E-state index >= 15 is 0 Å². The lowest BCUT2D eigenvalue weighted by atomic mass is 10.0. The number of rotatable bonds is 1. The maximum Gasteiger partial charge on any atom is 0.142 e. The smallest absolute Gasteiger partial charge is 0.142 e. The van der Waals surface area contributed by atoms with Crippen molar-refractivity contribution in [2.45, 2.75) is 5.92 Å². The number of hydrogen-bond donors (Lipinski definition) is 1. The molecule has 0 amide bonds. The second-order valence-corrected chi connectivity index (χ2v) is 4.30. The Bertz CT molecular complexity index is 468. The summed E-state index contributed by atoms with van der Waals surface area (Å²) in [6, 6.07) is 18.6. The summed E-state index contributed by atoms with van der Waals surface area (Å²) in [5, 5.41) is 3.45. The van der Waals surface area contributed by atoms with Crippen LogP contribution in [-0.2, 0) is 0 Å². The molecule has 0 spiro atoms. The SMILES string of the molecule is c1ccc(C2CNc3ccccc3OC2)cc1. The van der Waals surface area contributed by atoms with Crippen molar-refractivity contribution in [1.29, 1.82) is 0 Å². The van der Waals surface area contributed by atoms with Crippen LogP contribution in [0.15, 0.2) is 54.6 Å². The van der Waals surface area contributed by atoms with E-state index in [9.17, 15) is 0 Å². The van der Waals surface area contributed by atoms with E-state index in [-0.39, 0.29) is 0 Å². The average molecular weight is 225 g/mol. The molecule has 0 saturated heterocycles.